The highest BCUT2D eigenvalue weighted by molar-refractivity contribution is 5.92. The Hall–Kier alpha value is -1.62. The van der Waals surface area contributed by atoms with E-state index in [1.165, 1.54) is 5.56 Å². The van der Waals surface area contributed by atoms with E-state index in [1.54, 1.807) is 0 Å². The Morgan fingerprint density at radius 1 is 1.44 bits per heavy atom. The number of hydrogen-bond donors (Lipinski definition) is 0. The zero-order chi connectivity index (χ0) is 11.5. The van der Waals surface area contributed by atoms with Crippen molar-refractivity contribution in [3.8, 4) is 6.07 Å². The summed E-state index contributed by atoms with van der Waals surface area (Å²) in [7, 11) is 0. The molecule has 1 saturated carbocycles. The van der Waals surface area contributed by atoms with E-state index in [0.29, 0.717) is 0 Å². The van der Waals surface area contributed by atoms with Gasteiger partial charge < -0.3 is 0 Å². The van der Waals surface area contributed by atoms with Gasteiger partial charge in [-0.2, -0.15) is 5.26 Å². The molecular formula is C14H15NO. The first-order valence-electron chi connectivity index (χ1n) is 5.78. The molecule has 0 saturated heterocycles. The molecule has 0 heterocycles. The Bertz CT molecular complexity index is 423. The number of nitrogens with zero attached hydrogens (tertiary/aromatic N) is 1. The highest BCUT2D eigenvalue weighted by atomic mass is 16.1. The highest BCUT2D eigenvalue weighted by Crippen LogP contribution is 2.35. The van der Waals surface area contributed by atoms with Crippen LogP contribution >= 0.6 is 0 Å². The van der Waals surface area contributed by atoms with Crippen molar-refractivity contribution in [3.05, 3.63) is 35.4 Å². The monoisotopic (exact) mass is 213 g/mol. The summed E-state index contributed by atoms with van der Waals surface area (Å²) in [6.45, 7) is 2.09. The lowest BCUT2D eigenvalue weighted by Gasteiger charge is -2.08. The van der Waals surface area contributed by atoms with Gasteiger partial charge in [-0.1, -0.05) is 31.2 Å². The molecule has 0 bridgehead atoms. The van der Waals surface area contributed by atoms with Gasteiger partial charge in [0.05, 0.1) is 6.07 Å². The van der Waals surface area contributed by atoms with Crippen molar-refractivity contribution in [2.24, 2.45) is 5.92 Å². The predicted molar refractivity (Wildman–Crippen MR) is 61.9 cm³/mol. The fraction of sp³-hybridized carbons (Fsp3) is 0.429. The minimum Gasteiger partial charge on any atom is -0.298 e. The molecule has 1 aliphatic rings. The zero-order valence-corrected chi connectivity index (χ0v) is 9.44. The molecule has 2 heteroatoms. The van der Waals surface area contributed by atoms with Crippen LogP contribution in [-0.4, -0.2) is 5.78 Å². The molecule has 1 atom stereocenters. The van der Waals surface area contributed by atoms with E-state index in [2.05, 4.69) is 13.0 Å². The van der Waals surface area contributed by atoms with E-state index in [-0.39, 0.29) is 11.7 Å². The van der Waals surface area contributed by atoms with Crippen LogP contribution in [0.3, 0.4) is 0 Å². The summed E-state index contributed by atoms with van der Waals surface area (Å²) in [5.74, 6) is -0.305. The second-order valence-electron chi connectivity index (χ2n) is 4.33. The van der Waals surface area contributed by atoms with Gasteiger partial charge in [0.1, 0.15) is 5.92 Å². The van der Waals surface area contributed by atoms with Crippen LogP contribution in [0, 0.1) is 17.2 Å². The molecule has 1 fully saturated rings. The van der Waals surface area contributed by atoms with Crippen LogP contribution in [0.1, 0.15) is 36.8 Å². The van der Waals surface area contributed by atoms with Crippen molar-refractivity contribution in [1.29, 1.82) is 5.26 Å². The summed E-state index contributed by atoms with van der Waals surface area (Å²) in [6, 6.07) is 9.95. The minimum atomic E-state index is -0.557. The van der Waals surface area contributed by atoms with Crippen LogP contribution in [0.5, 0.6) is 0 Å². The summed E-state index contributed by atoms with van der Waals surface area (Å²) >= 11 is 0. The molecule has 1 aromatic rings. The molecule has 1 aliphatic carbocycles. The van der Waals surface area contributed by atoms with Crippen LogP contribution in [-0.2, 0) is 11.2 Å². The number of hydrogen-bond acceptors (Lipinski definition) is 2. The van der Waals surface area contributed by atoms with Crippen molar-refractivity contribution in [1.82, 2.24) is 0 Å². The maximum atomic E-state index is 11.9. The zero-order valence-electron chi connectivity index (χ0n) is 9.44. The first-order chi connectivity index (χ1) is 7.76. The van der Waals surface area contributed by atoms with E-state index in [4.69, 9.17) is 5.26 Å². The van der Waals surface area contributed by atoms with Crippen molar-refractivity contribution in [2.45, 2.75) is 32.1 Å². The lowest BCUT2D eigenvalue weighted by Crippen LogP contribution is -2.12. The Morgan fingerprint density at radius 2 is 2.06 bits per heavy atom. The molecule has 0 aliphatic heterocycles. The minimum absolute atomic E-state index is 0.103. The van der Waals surface area contributed by atoms with Gasteiger partial charge in [0.25, 0.3) is 0 Å². The smallest absolute Gasteiger partial charge is 0.157 e. The van der Waals surface area contributed by atoms with Gasteiger partial charge in [0.15, 0.2) is 5.78 Å². The maximum Gasteiger partial charge on any atom is 0.157 e. The van der Waals surface area contributed by atoms with Crippen LogP contribution in [0.4, 0.5) is 0 Å². The number of Topliss-reactive ketones (excluding diaryl/α,β-unsaturated/α-hetero) is 1. The maximum absolute atomic E-state index is 11.9. The molecule has 0 radical (unpaired) electrons. The SMILES string of the molecule is CCc1ccc(C(C#N)C(=O)C2CC2)cc1. The Kier molecular flexibility index (Phi) is 3.05. The van der Waals surface area contributed by atoms with Crippen molar-refractivity contribution < 1.29 is 4.79 Å². The summed E-state index contributed by atoms with van der Waals surface area (Å²) < 4.78 is 0. The average Bonchev–Trinajstić information content (AvgIpc) is 3.14. The molecule has 0 spiro atoms. The van der Waals surface area contributed by atoms with Gasteiger partial charge in [-0.05, 0) is 30.4 Å². The number of carbonyl (C=O) groups excluding carboxylic acids is 1. The van der Waals surface area contributed by atoms with E-state index in [0.717, 1.165) is 24.8 Å². The number of carbonyl (C=O) groups is 1. The molecule has 82 valence electrons. The van der Waals surface area contributed by atoms with Gasteiger partial charge in [-0.15, -0.1) is 0 Å². The van der Waals surface area contributed by atoms with Crippen molar-refractivity contribution in [3.63, 3.8) is 0 Å². The van der Waals surface area contributed by atoms with E-state index >= 15 is 0 Å². The molecule has 0 aromatic heterocycles. The van der Waals surface area contributed by atoms with E-state index in [9.17, 15) is 4.79 Å². The molecule has 16 heavy (non-hydrogen) atoms. The fourth-order valence-corrected chi connectivity index (χ4v) is 1.85. The van der Waals surface area contributed by atoms with Crippen molar-refractivity contribution >= 4 is 5.78 Å². The Morgan fingerprint density at radius 3 is 2.50 bits per heavy atom. The van der Waals surface area contributed by atoms with Crippen LogP contribution in [0.2, 0.25) is 0 Å². The second kappa shape index (κ2) is 4.49. The standard InChI is InChI=1S/C14H15NO/c1-2-10-3-5-11(6-4-10)13(9-15)14(16)12-7-8-12/h3-6,12-13H,2,7-8H2,1H3. The average molecular weight is 213 g/mol. The van der Waals surface area contributed by atoms with Gasteiger partial charge in [-0.25, -0.2) is 0 Å². The van der Waals surface area contributed by atoms with Crippen LogP contribution in [0.15, 0.2) is 24.3 Å². The number of ketones is 1. The molecule has 1 unspecified atom stereocenters. The second-order valence-corrected chi connectivity index (χ2v) is 4.33. The van der Waals surface area contributed by atoms with Gasteiger partial charge in [0.2, 0.25) is 0 Å². The number of aryl methyl sites for hydroxylation is 1. The quantitative estimate of drug-likeness (QED) is 0.771. The third-order valence-corrected chi connectivity index (χ3v) is 3.11. The van der Waals surface area contributed by atoms with Gasteiger partial charge in [-0.3, -0.25) is 4.79 Å². The molecule has 0 N–H and O–H groups in total. The highest BCUT2D eigenvalue weighted by Gasteiger charge is 2.35. The normalized spacial score (nSPS) is 16.5. The molecule has 0 amide bonds. The summed E-state index contributed by atoms with van der Waals surface area (Å²) in [4.78, 5) is 11.9. The molecule has 2 nitrogen and oxygen atoms in total. The lowest BCUT2D eigenvalue weighted by molar-refractivity contribution is -0.120. The third kappa shape index (κ3) is 2.14. The fourth-order valence-electron chi connectivity index (χ4n) is 1.85. The molecule has 2 rings (SSSR count). The van der Waals surface area contributed by atoms with E-state index in [1.807, 2.05) is 24.3 Å². The lowest BCUT2D eigenvalue weighted by atomic mass is 9.92. The molecular weight excluding hydrogens is 198 g/mol. The van der Waals surface area contributed by atoms with Gasteiger partial charge in [0, 0.05) is 5.92 Å². The van der Waals surface area contributed by atoms with E-state index < -0.39 is 5.92 Å². The number of benzene rings is 1. The van der Waals surface area contributed by atoms with Crippen LogP contribution in [0.25, 0.3) is 0 Å². The predicted octanol–water partition coefficient (Wildman–Crippen LogP) is 2.84. The first kappa shape index (κ1) is 10.9. The van der Waals surface area contributed by atoms with Gasteiger partial charge >= 0.3 is 0 Å². The first-order valence-corrected chi connectivity index (χ1v) is 5.78. The Balaban J connectivity index is 2.19. The Labute approximate surface area is 95.9 Å². The summed E-state index contributed by atoms with van der Waals surface area (Å²) in [5, 5.41) is 9.08. The third-order valence-electron chi connectivity index (χ3n) is 3.11. The topological polar surface area (TPSA) is 40.9 Å². The summed E-state index contributed by atoms with van der Waals surface area (Å²) in [6.07, 6.45) is 2.90. The summed E-state index contributed by atoms with van der Waals surface area (Å²) in [5.41, 5.74) is 2.08. The number of rotatable bonds is 4. The molecule has 1 aromatic carbocycles. The largest absolute Gasteiger partial charge is 0.298 e. The van der Waals surface area contributed by atoms with Crippen LogP contribution < -0.4 is 0 Å². The van der Waals surface area contributed by atoms with Crippen molar-refractivity contribution in [2.75, 3.05) is 0 Å². The number of nitriles is 1.